The van der Waals surface area contributed by atoms with E-state index >= 15 is 0 Å². The smallest absolute Gasteiger partial charge is 0.335 e. The standard InChI is InChI=1S/C14H20O5/c1-17-7-2-8-18-9-10-19-11-12-3-5-13(6-4-12)14(15)16/h3-6H,2,7-11H2,1H3,(H,15,16). The Kier molecular flexibility index (Phi) is 7.81. The third-order valence-corrected chi connectivity index (χ3v) is 2.48. The number of aromatic carboxylic acids is 1. The van der Waals surface area contributed by atoms with Crippen LogP contribution in [0.1, 0.15) is 22.3 Å². The molecule has 0 bridgehead atoms. The maximum Gasteiger partial charge on any atom is 0.335 e. The van der Waals surface area contributed by atoms with E-state index in [2.05, 4.69) is 0 Å². The molecule has 5 nitrogen and oxygen atoms in total. The lowest BCUT2D eigenvalue weighted by Gasteiger charge is -2.06. The Labute approximate surface area is 113 Å². The molecule has 0 fully saturated rings. The van der Waals surface area contributed by atoms with E-state index in [4.69, 9.17) is 19.3 Å². The Bertz CT molecular complexity index is 361. The maximum atomic E-state index is 10.7. The number of carbonyl (C=O) groups is 1. The highest BCUT2D eigenvalue weighted by Gasteiger charge is 2.01. The largest absolute Gasteiger partial charge is 0.478 e. The number of methoxy groups -OCH3 is 1. The lowest BCUT2D eigenvalue weighted by molar-refractivity contribution is 0.0337. The first-order chi connectivity index (χ1) is 9.24. The topological polar surface area (TPSA) is 65.0 Å². The summed E-state index contributed by atoms with van der Waals surface area (Å²) in [5.41, 5.74) is 1.23. The van der Waals surface area contributed by atoms with E-state index in [9.17, 15) is 4.79 Å². The molecule has 0 atom stereocenters. The van der Waals surface area contributed by atoms with Gasteiger partial charge in [-0.1, -0.05) is 12.1 Å². The third kappa shape index (κ3) is 6.91. The van der Waals surface area contributed by atoms with Gasteiger partial charge in [0.25, 0.3) is 0 Å². The van der Waals surface area contributed by atoms with Crippen molar-refractivity contribution in [1.29, 1.82) is 0 Å². The quantitative estimate of drug-likeness (QED) is 0.657. The van der Waals surface area contributed by atoms with Crippen molar-refractivity contribution in [3.8, 4) is 0 Å². The first-order valence-corrected chi connectivity index (χ1v) is 6.20. The Balaban J connectivity index is 2.07. The van der Waals surface area contributed by atoms with Crippen LogP contribution in [0.5, 0.6) is 0 Å². The minimum atomic E-state index is -0.920. The minimum absolute atomic E-state index is 0.283. The van der Waals surface area contributed by atoms with Crippen molar-refractivity contribution in [3.63, 3.8) is 0 Å². The molecule has 0 saturated heterocycles. The van der Waals surface area contributed by atoms with Crippen molar-refractivity contribution in [1.82, 2.24) is 0 Å². The highest BCUT2D eigenvalue weighted by atomic mass is 16.5. The first-order valence-electron chi connectivity index (χ1n) is 6.20. The fourth-order valence-corrected chi connectivity index (χ4v) is 1.46. The summed E-state index contributed by atoms with van der Waals surface area (Å²) in [5.74, 6) is -0.920. The number of ether oxygens (including phenoxy) is 3. The van der Waals surface area contributed by atoms with Gasteiger partial charge in [-0.2, -0.15) is 0 Å². The molecule has 0 heterocycles. The minimum Gasteiger partial charge on any atom is -0.478 e. The van der Waals surface area contributed by atoms with Gasteiger partial charge < -0.3 is 19.3 Å². The van der Waals surface area contributed by atoms with Crippen LogP contribution in [0.15, 0.2) is 24.3 Å². The van der Waals surface area contributed by atoms with Gasteiger partial charge in [0.2, 0.25) is 0 Å². The van der Waals surface area contributed by atoms with Gasteiger partial charge in [-0.25, -0.2) is 4.79 Å². The molecule has 0 spiro atoms. The molecule has 0 amide bonds. The number of benzene rings is 1. The average molecular weight is 268 g/mol. The average Bonchev–Trinajstić information content (AvgIpc) is 2.42. The van der Waals surface area contributed by atoms with Gasteiger partial charge in [0.1, 0.15) is 0 Å². The van der Waals surface area contributed by atoms with Crippen LogP contribution in [-0.2, 0) is 20.8 Å². The lowest BCUT2D eigenvalue weighted by atomic mass is 10.1. The fraction of sp³-hybridized carbons (Fsp3) is 0.500. The zero-order chi connectivity index (χ0) is 13.9. The Morgan fingerprint density at radius 1 is 1.05 bits per heavy atom. The molecular formula is C14H20O5. The lowest BCUT2D eigenvalue weighted by Crippen LogP contribution is -2.06. The molecule has 0 unspecified atom stereocenters. The third-order valence-electron chi connectivity index (χ3n) is 2.48. The van der Waals surface area contributed by atoms with Crippen molar-refractivity contribution in [2.75, 3.05) is 33.5 Å². The van der Waals surface area contributed by atoms with E-state index in [0.717, 1.165) is 12.0 Å². The SMILES string of the molecule is COCCCOCCOCc1ccc(C(=O)O)cc1. The molecule has 1 aromatic carbocycles. The van der Waals surface area contributed by atoms with E-state index in [-0.39, 0.29) is 5.56 Å². The van der Waals surface area contributed by atoms with Crippen molar-refractivity contribution >= 4 is 5.97 Å². The Morgan fingerprint density at radius 3 is 2.37 bits per heavy atom. The molecule has 19 heavy (non-hydrogen) atoms. The van der Waals surface area contributed by atoms with E-state index in [1.165, 1.54) is 0 Å². The molecular weight excluding hydrogens is 248 g/mol. The van der Waals surface area contributed by atoms with Crippen molar-refractivity contribution in [2.24, 2.45) is 0 Å². The summed E-state index contributed by atoms with van der Waals surface area (Å²) in [7, 11) is 1.67. The van der Waals surface area contributed by atoms with Gasteiger partial charge >= 0.3 is 5.97 Å². The number of rotatable bonds is 10. The highest BCUT2D eigenvalue weighted by Crippen LogP contribution is 2.05. The molecule has 0 saturated carbocycles. The van der Waals surface area contributed by atoms with Crippen LogP contribution in [0, 0.1) is 0 Å². The summed E-state index contributed by atoms with van der Waals surface area (Å²) in [6.07, 6.45) is 0.882. The van der Waals surface area contributed by atoms with Gasteiger partial charge in [-0.15, -0.1) is 0 Å². The molecule has 106 valence electrons. The zero-order valence-electron chi connectivity index (χ0n) is 11.1. The summed E-state index contributed by atoms with van der Waals surface area (Å²) in [4.78, 5) is 10.7. The van der Waals surface area contributed by atoms with Crippen LogP contribution in [-0.4, -0.2) is 44.6 Å². The number of carboxylic acid groups (broad SMARTS) is 1. The van der Waals surface area contributed by atoms with Crippen LogP contribution in [0.3, 0.4) is 0 Å². The number of hydrogen-bond acceptors (Lipinski definition) is 4. The van der Waals surface area contributed by atoms with E-state index in [0.29, 0.717) is 33.0 Å². The normalized spacial score (nSPS) is 10.6. The second-order valence-corrected chi connectivity index (χ2v) is 4.01. The monoisotopic (exact) mass is 268 g/mol. The summed E-state index contributed by atoms with van der Waals surface area (Å²) in [6.45, 7) is 2.91. The van der Waals surface area contributed by atoms with E-state index in [1.807, 2.05) is 0 Å². The van der Waals surface area contributed by atoms with E-state index in [1.54, 1.807) is 31.4 Å². The molecule has 0 aromatic heterocycles. The van der Waals surface area contributed by atoms with Crippen LogP contribution < -0.4 is 0 Å². The van der Waals surface area contributed by atoms with Gasteiger partial charge in [-0.3, -0.25) is 0 Å². The molecule has 0 aliphatic rings. The van der Waals surface area contributed by atoms with Crippen molar-refractivity contribution in [2.45, 2.75) is 13.0 Å². The molecule has 0 aliphatic carbocycles. The number of carboxylic acids is 1. The van der Waals surface area contributed by atoms with Crippen LogP contribution >= 0.6 is 0 Å². The Hall–Kier alpha value is -1.43. The fourth-order valence-electron chi connectivity index (χ4n) is 1.46. The molecule has 0 radical (unpaired) electrons. The highest BCUT2D eigenvalue weighted by molar-refractivity contribution is 5.87. The second kappa shape index (κ2) is 9.49. The summed E-state index contributed by atoms with van der Waals surface area (Å²) in [5, 5.41) is 8.75. The van der Waals surface area contributed by atoms with Crippen molar-refractivity contribution < 1.29 is 24.1 Å². The molecule has 1 rings (SSSR count). The molecule has 5 heteroatoms. The van der Waals surface area contributed by atoms with Gasteiger partial charge in [-0.05, 0) is 24.1 Å². The summed E-state index contributed by atoms with van der Waals surface area (Å²) >= 11 is 0. The summed E-state index contributed by atoms with van der Waals surface area (Å²) in [6, 6.07) is 6.65. The van der Waals surface area contributed by atoms with Crippen LogP contribution in [0.4, 0.5) is 0 Å². The van der Waals surface area contributed by atoms with Crippen molar-refractivity contribution in [3.05, 3.63) is 35.4 Å². The Morgan fingerprint density at radius 2 is 1.74 bits per heavy atom. The first kappa shape index (κ1) is 15.6. The van der Waals surface area contributed by atoms with Crippen LogP contribution in [0.2, 0.25) is 0 Å². The summed E-state index contributed by atoms with van der Waals surface area (Å²) < 4.78 is 15.7. The molecule has 0 aliphatic heterocycles. The van der Waals surface area contributed by atoms with Gasteiger partial charge in [0.05, 0.1) is 25.4 Å². The zero-order valence-corrected chi connectivity index (χ0v) is 11.1. The maximum absolute atomic E-state index is 10.7. The molecule has 1 aromatic rings. The molecule has 1 N–H and O–H groups in total. The number of hydrogen-bond donors (Lipinski definition) is 1. The second-order valence-electron chi connectivity index (χ2n) is 4.01. The van der Waals surface area contributed by atoms with Crippen LogP contribution in [0.25, 0.3) is 0 Å². The predicted molar refractivity (Wildman–Crippen MR) is 70.4 cm³/mol. The van der Waals surface area contributed by atoms with Gasteiger partial charge in [0, 0.05) is 20.3 Å². The van der Waals surface area contributed by atoms with E-state index < -0.39 is 5.97 Å². The predicted octanol–water partition coefficient (Wildman–Crippen LogP) is 1.95. The van der Waals surface area contributed by atoms with Gasteiger partial charge in [0.15, 0.2) is 0 Å².